The third-order valence-corrected chi connectivity index (χ3v) is 2.85. The number of nitrogens with zero attached hydrogens (tertiary/aromatic N) is 1. The molecule has 0 bridgehead atoms. The lowest BCUT2D eigenvalue weighted by Gasteiger charge is -2.25. The first-order valence-corrected chi connectivity index (χ1v) is 7.04. The van der Waals surface area contributed by atoms with Gasteiger partial charge in [-0.3, -0.25) is 9.59 Å². The molecule has 21 heavy (non-hydrogen) atoms. The average Bonchev–Trinajstić information content (AvgIpc) is 2.36. The zero-order chi connectivity index (χ0) is 16.0. The molecule has 0 fully saturated rings. The molecule has 0 heterocycles. The number of likely N-dealkylation sites (N-methyl/N-ethyl adjacent to an activating group) is 1. The van der Waals surface area contributed by atoms with Crippen molar-refractivity contribution in [2.75, 3.05) is 13.1 Å². The molecule has 0 unspecified atom stereocenters. The Morgan fingerprint density at radius 3 is 2.24 bits per heavy atom. The van der Waals surface area contributed by atoms with Crippen LogP contribution in [-0.2, 0) is 16.0 Å². The predicted molar refractivity (Wildman–Crippen MR) is 80.3 cm³/mol. The minimum atomic E-state index is -0.330. The zero-order valence-electron chi connectivity index (χ0n) is 13.1. The van der Waals surface area contributed by atoms with Gasteiger partial charge in [-0.15, -0.1) is 0 Å². The molecule has 0 spiro atoms. The van der Waals surface area contributed by atoms with E-state index >= 15 is 0 Å². The molecule has 4 nitrogen and oxygen atoms in total. The van der Waals surface area contributed by atoms with E-state index in [9.17, 15) is 14.0 Å². The van der Waals surface area contributed by atoms with Crippen molar-refractivity contribution >= 4 is 11.8 Å². The predicted octanol–water partition coefficient (Wildman–Crippen LogP) is 2.13. The van der Waals surface area contributed by atoms with Crippen LogP contribution in [0.15, 0.2) is 24.3 Å². The second kappa shape index (κ2) is 7.20. The fourth-order valence-electron chi connectivity index (χ4n) is 1.90. The van der Waals surface area contributed by atoms with Gasteiger partial charge in [0.25, 0.3) is 0 Å². The van der Waals surface area contributed by atoms with Gasteiger partial charge in [-0.25, -0.2) is 4.39 Å². The standard InChI is InChI=1S/C16H23FN2O2/c1-5-19(11-14(20)18-16(2,3)4)15(21)10-12-6-8-13(17)9-7-12/h6-9H,5,10-11H2,1-4H3,(H,18,20). The molecule has 0 aliphatic heterocycles. The van der Waals surface area contributed by atoms with Crippen LogP contribution in [0.3, 0.4) is 0 Å². The molecule has 0 aromatic heterocycles. The van der Waals surface area contributed by atoms with E-state index < -0.39 is 0 Å². The van der Waals surface area contributed by atoms with Crippen molar-refractivity contribution in [3.8, 4) is 0 Å². The quantitative estimate of drug-likeness (QED) is 0.904. The molecule has 1 aromatic rings. The SMILES string of the molecule is CCN(CC(=O)NC(C)(C)C)C(=O)Cc1ccc(F)cc1. The summed E-state index contributed by atoms with van der Waals surface area (Å²) < 4.78 is 12.8. The van der Waals surface area contributed by atoms with Gasteiger partial charge in [-0.05, 0) is 45.4 Å². The van der Waals surface area contributed by atoms with Crippen molar-refractivity contribution in [3.63, 3.8) is 0 Å². The number of hydrogen-bond acceptors (Lipinski definition) is 2. The van der Waals surface area contributed by atoms with Gasteiger partial charge >= 0.3 is 0 Å². The van der Waals surface area contributed by atoms with Crippen LogP contribution < -0.4 is 5.32 Å². The molecule has 0 atom stereocenters. The summed E-state index contributed by atoms with van der Waals surface area (Å²) in [4.78, 5) is 25.5. The molecule has 0 aliphatic rings. The van der Waals surface area contributed by atoms with Crippen molar-refractivity contribution in [2.24, 2.45) is 0 Å². The molecule has 0 saturated carbocycles. The van der Waals surface area contributed by atoms with Gasteiger partial charge in [0, 0.05) is 12.1 Å². The molecular formula is C16H23FN2O2. The van der Waals surface area contributed by atoms with E-state index in [0.717, 1.165) is 5.56 Å². The normalized spacial score (nSPS) is 11.1. The lowest BCUT2D eigenvalue weighted by Crippen LogP contribution is -2.47. The first kappa shape index (κ1) is 17.1. The highest BCUT2D eigenvalue weighted by atomic mass is 19.1. The van der Waals surface area contributed by atoms with E-state index in [4.69, 9.17) is 0 Å². The highest BCUT2D eigenvalue weighted by molar-refractivity contribution is 5.86. The van der Waals surface area contributed by atoms with Crippen molar-refractivity contribution in [1.29, 1.82) is 0 Å². The van der Waals surface area contributed by atoms with Gasteiger partial charge in [0.1, 0.15) is 5.82 Å². The summed E-state index contributed by atoms with van der Waals surface area (Å²) in [6.07, 6.45) is 0.164. The second-order valence-corrected chi connectivity index (χ2v) is 6.01. The Balaban J connectivity index is 2.61. The van der Waals surface area contributed by atoms with Crippen LogP contribution in [0.5, 0.6) is 0 Å². The average molecular weight is 294 g/mol. The monoisotopic (exact) mass is 294 g/mol. The van der Waals surface area contributed by atoms with Crippen LogP contribution in [0.25, 0.3) is 0 Å². The molecule has 116 valence electrons. The van der Waals surface area contributed by atoms with Crippen molar-refractivity contribution in [2.45, 2.75) is 39.7 Å². The highest BCUT2D eigenvalue weighted by Crippen LogP contribution is 2.06. The maximum Gasteiger partial charge on any atom is 0.240 e. The number of nitrogens with one attached hydrogen (secondary N) is 1. The fraction of sp³-hybridized carbons (Fsp3) is 0.500. The summed E-state index contributed by atoms with van der Waals surface area (Å²) in [6, 6.07) is 5.81. The Labute approximate surface area is 125 Å². The first-order valence-electron chi connectivity index (χ1n) is 7.04. The van der Waals surface area contributed by atoms with Crippen LogP contribution in [0.1, 0.15) is 33.3 Å². The van der Waals surface area contributed by atoms with Crippen molar-refractivity contribution in [1.82, 2.24) is 10.2 Å². The lowest BCUT2D eigenvalue weighted by molar-refractivity contribution is -0.135. The smallest absolute Gasteiger partial charge is 0.240 e. The van der Waals surface area contributed by atoms with Gasteiger partial charge in [0.05, 0.1) is 13.0 Å². The topological polar surface area (TPSA) is 49.4 Å². The van der Waals surface area contributed by atoms with Crippen LogP contribution in [0.2, 0.25) is 0 Å². The lowest BCUT2D eigenvalue weighted by atomic mass is 10.1. The number of amides is 2. The van der Waals surface area contributed by atoms with E-state index in [0.29, 0.717) is 6.54 Å². The minimum Gasteiger partial charge on any atom is -0.350 e. The van der Waals surface area contributed by atoms with E-state index in [1.165, 1.54) is 17.0 Å². The number of carbonyl (C=O) groups excluding carboxylic acids is 2. The summed E-state index contributed by atoms with van der Waals surface area (Å²) in [5.41, 5.74) is 0.410. The Morgan fingerprint density at radius 2 is 1.76 bits per heavy atom. The van der Waals surface area contributed by atoms with Crippen LogP contribution in [-0.4, -0.2) is 35.3 Å². The zero-order valence-corrected chi connectivity index (χ0v) is 13.1. The molecule has 0 aliphatic carbocycles. The maximum absolute atomic E-state index is 12.8. The van der Waals surface area contributed by atoms with Gasteiger partial charge < -0.3 is 10.2 Å². The van der Waals surface area contributed by atoms with Gasteiger partial charge in [-0.1, -0.05) is 12.1 Å². The number of rotatable bonds is 5. The Hall–Kier alpha value is -1.91. The molecule has 0 radical (unpaired) electrons. The first-order chi connectivity index (χ1) is 9.71. The summed E-state index contributed by atoms with van der Waals surface area (Å²) in [5, 5.41) is 2.83. The molecular weight excluding hydrogens is 271 g/mol. The third-order valence-electron chi connectivity index (χ3n) is 2.85. The highest BCUT2D eigenvalue weighted by Gasteiger charge is 2.19. The second-order valence-electron chi connectivity index (χ2n) is 6.01. The van der Waals surface area contributed by atoms with E-state index in [1.54, 1.807) is 12.1 Å². The molecule has 0 saturated heterocycles. The van der Waals surface area contributed by atoms with Crippen LogP contribution in [0.4, 0.5) is 4.39 Å². The molecule has 2 amide bonds. The summed E-state index contributed by atoms with van der Waals surface area (Å²) in [5.74, 6) is -0.659. The number of halogens is 1. The van der Waals surface area contributed by atoms with Crippen molar-refractivity contribution in [3.05, 3.63) is 35.6 Å². The summed E-state index contributed by atoms with van der Waals surface area (Å²) in [7, 11) is 0. The number of carbonyl (C=O) groups is 2. The fourth-order valence-corrected chi connectivity index (χ4v) is 1.90. The summed E-state index contributed by atoms with van der Waals surface area (Å²) in [6.45, 7) is 7.99. The summed E-state index contributed by atoms with van der Waals surface area (Å²) >= 11 is 0. The van der Waals surface area contributed by atoms with Crippen molar-refractivity contribution < 1.29 is 14.0 Å². The van der Waals surface area contributed by atoms with Crippen LogP contribution >= 0.6 is 0 Å². The maximum atomic E-state index is 12.8. The minimum absolute atomic E-state index is 0.0355. The largest absolute Gasteiger partial charge is 0.350 e. The van der Waals surface area contributed by atoms with Crippen LogP contribution in [0, 0.1) is 5.82 Å². The Kier molecular flexibility index (Phi) is 5.88. The number of benzene rings is 1. The van der Waals surface area contributed by atoms with Gasteiger partial charge in [0.2, 0.25) is 11.8 Å². The Morgan fingerprint density at radius 1 is 1.19 bits per heavy atom. The molecule has 1 N–H and O–H groups in total. The molecule has 1 rings (SSSR count). The van der Waals surface area contributed by atoms with E-state index in [2.05, 4.69) is 5.32 Å². The number of hydrogen-bond donors (Lipinski definition) is 1. The van der Waals surface area contributed by atoms with E-state index in [-0.39, 0.29) is 36.1 Å². The van der Waals surface area contributed by atoms with Gasteiger partial charge in [0.15, 0.2) is 0 Å². The Bertz CT molecular complexity index is 492. The van der Waals surface area contributed by atoms with Gasteiger partial charge in [-0.2, -0.15) is 0 Å². The molecule has 5 heteroatoms. The van der Waals surface area contributed by atoms with E-state index in [1.807, 2.05) is 27.7 Å². The third kappa shape index (κ3) is 6.38. The molecule has 1 aromatic carbocycles.